The lowest BCUT2D eigenvalue weighted by molar-refractivity contribution is -0.129. The summed E-state index contributed by atoms with van der Waals surface area (Å²) in [5.74, 6) is 5.47. The summed E-state index contributed by atoms with van der Waals surface area (Å²) in [6, 6.07) is 0. The number of hydrazone groups is 1. The van der Waals surface area contributed by atoms with E-state index < -0.39 is 0 Å². The van der Waals surface area contributed by atoms with Gasteiger partial charge in [0.1, 0.15) is 11.9 Å². The van der Waals surface area contributed by atoms with Crippen molar-refractivity contribution in [3.05, 3.63) is 0 Å². The normalized spacial score (nSPS) is 23.2. The zero-order chi connectivity index (χ0) is 10.9. The molecule has 0 aliphatic carbocycles. The molecule has 1 atom stereocenters. The zero-order valence-electron chi connectivity index (χ0n) is 9.16. The number of rotatable bonds is 1. The highest BCUT2D eigenvalue weighted by molar-refractivity contribution is 6.40. The smallest absolute Gasteiger partial charge is 0.286 e. The van der Waals surface area contributed by atoms with Crippen LogP contribution < -0.4 is 11.3 Å². The molecule has 80 valence electrons. The minimum Gasteiger partial charge on any atom is -0.286 e. The molecule has 0 spiro atoms. The van der Waals surface area contributed by atoms with Crippen LogP contribution >= 0.6 is 0 Å². The van der Waals surface area contributed by atoms with Crippen LogP contribution in [0.25, 0.3) is 0 Å². The maximum atomic E-state index is 11.8. The summed E-state index contributed by atoms with van der Waals surface area (Å²) in [7, 11) is 0. The average molecular weight is 198 g/mol. The van der Waals surface area contributed by atoms with Gasteiger partial charge in [-0.25, -0.2) is 5.84 Å². The predicted octanol–water partition coefficient (Wildman–Crippen LogP) is 0.430. The highest BCUT2D eigenvalue weighted by Gasteiger charge is 2.34. The Balaban J connectivity index is 2.93. The quantitative estimate of drug-likeness (QED) is 0.474. The third-order valence-electron chi connectivity index (χ3n) is 2.20. The van der Waals surface area contributed by atoms with Crippen molar-refractivity contribution >= 4 is 11.6 Å². The third kappa shape index (κ3) is 1.87. The number of nitrogens with two attached hydrogens (primary N) is 1. The van der Waals surface area contributed by atoms with Gasteiger partial charge in [-0.05, 0) is 6.42 Å². The van der Waals surface area contributed by atoms with E-state index in [-0.39, 0.29) is 17.5 Å². The number of carbonyl (C=O) groups excluding carboxylic acids is 1. The first kappa shape index (κ1) is 11.0. The van der Waals surface area contributed by atoms with Crippen LogP contribution in [0.3, 0.4) is 0 Å². The van der Waals surface area contributed by atoms with Crippen LogP contribution in [-0.2, 0) is 4.79 Å². The molecule has 14 heavy (non-hydrogen) atoms. The highest BCUT2D eigenvalue weighted by Crippen LogP contribution is 2.19. The van der Waals surface area contributed by atoms with Crippen molar-refractivity contribution in [3.63, 3.8) is 0 Å². The number of hydrogen-bond donors (Lipinski definition) is 2. The largest absolute Gasteiger partial charge is 0.286 e. The molecular formula is C9H18N4O. The van der Waals surface area contributed by atoms with Crippen molar-refractivity contribution in [2.75, 3.05) is 0 Å². The topological polar surface area (TPSA) is 70.7 Å². The Labute approximate surface area is 84.3 Å². The van der Waals surface area contributed by atoms with Gasteiger partial charge in [0.15, 0.2) is 0 Å². The fourth-order valence-corrected chi connectivity index (χ4v) is 1.29. The molecule has 1 heterocycles. The molecule has 0 radical (unpaired) electrons. The summed E-state index contributed by atoms with van der Waals surface area (Å²) >= 11 is 0. The lowest BCUT2D eigenvalue weighted by atomic mass is 9.89. The molecule has 1 aliphatic rings. The molecule has 0 fully saturated rings. The first-order chi connectivity index (χ1) is 6.38. The van der Waals surface area contributed by atoms with Gasteiger partial charge in [-0.3, -0.25) is 15.2 Å². The molecule has 1 aliphatic heterocycles. The lowest BCUT2D eigenvalue weighted by Gasteiger charge is -2.34. The summed E-state index contributed by atoms with van der Waals surface area (Å²) in [6.45, 7) is 7.75. The van der Waals surface area contributed by atoms with E-state index in [2.05, 4.69) is 10.5 Å². The standard InChI is InChI=1S/C9H18N4O/c1-5-6-11-12-7(9(2,3)4)8(14)13(6)10/h6,11H,5,10H2,1-4H3. The molecule has 0 bridgehead atoms. The van der Waals surface area contributed by atoms with Crippen LogP contribution in [0.15, 0.2) is 5.10 Å². The lowest BCUT2D eigenvalue weighted by Crippen LogP contribution is -2.59. The molecule has 0 saturated heterocycles. The van der Waals surface area contributed by atoms with Gasteiger partial charge in [-0.15, -0.1) is 0 Å². The number of nitrogens with zero attached hydrogens (tertiary/aromatic N) is 2. The number of hydrazine groups is 1. The van der Waals surface area contributed by atoms with Crippen LogP contribution in [0, 0.1) is 5.41 Å². The zero-order valence-corrected chi connectivity index (χ0v) is 9.16. The van der Waals surface area contributed by atoms with Crippen LogP contribution in [0.5, 0.6) is 0 Å². The minimum absolute atomic E-state index is 0.186. The van der Waals surface area contributed by atoms with Crippen molar-refractivity contribution < 1.29 is 4.79 Å². The molecule has 5 heteroatoms. The van der Waals surface area contributed by atoms with Crippen LogP contribution in [0.4, 0.5) is 0 Å². The molecule has 5 nitrogen and oxygen atoms in total. The molecule has 0 aromatic carbocycles. The van der Waals surface area contributed by atoms with E-state index >= 15 is 0 Å². The molecule has 1 rings (SSSR count). The first-order valence-corrected chi connectivity index (χ1v) is 4.80. The van der Waals surface area contributed by atoms with Gasteiger partial charge in [-0.2, -0.15) is 5.10 Å². The van der Waals surface area contributed by atoms with Gasteiger partial charge >= 0.3 is 0 Å². The van der Waals surface area contributed by atoms with E-state index in [1.807, 2.05) is 27.7 Å². The summed E-state index contributed by atoms with van der Waals surface area (Å²) in [6.07, 6.45) is 0.553. The van der Waals surface area contributed by atoms with Crippen LogP contribution in [-0.4, -0.2) is 22.8 Å². The fourth-order valence-electron chi connectivity index (χ4n) is 1.29. The second-order valence-corrected chi connectivity index (χ2v) is 4.48. The Kier molecular flexibility index (Phi) is 2.80. The van der Waals surface area contributed by atoms with Crippen LogP contribution in [0.1, 0.15) is 34.1 Å². The highest BCUT2D eigenvalue weighted by atomic mass is 16.2. The summed E-state index contributed by atoms with van der Waals surface area (Å²) in [5, 5.41) is 5.30. The number of carbonyl (C=O) groups is 1. The minimum atomic E-state index is -0.277. The first-order valence-electron chi connectivity index (χ1n) is 4.80. The fraction of sp³-hybridized carbons (Fsp3) is 0.778. The van der Waals surface area contributed by atoms with Crippen molar-refractivity contribution in [2.45, 2.75) is 40.3 Å². The van der Waals surface area contributed by atoms with Crippen molar-refractivity contribution in [1.82, 2.24) is 10.4 Å². The van der Waals surface area contributed by atoms with E-state index in [0.717, 1.165) is 6.42 Å². The Bertz CT molecular complexity index is 266. The van der Waals surface area contributed by atoms with Crippen LogP contribution in [0.2, 0.25) is 0 Å². The Morgan fingerprint density at radius 1 is 1.57 bits per heavy atom. The number of amides is 1. The molecule has 0 aromatic heterocycles. The molecule has 0 saturated carbocycles. The molecular weight excluding hydrogens is 180 g/mol. The van der Waals surface area contributed by atoms with E-state index in [1.54, 1.807) is 0 Å². The Morgan fingerprint density at radius 3 is 2.57 bits per heavy atom. The SMILES string of the molecule is CCC1NN=C(C(C)(C)C)C(=O)N1N. The van der Waals surface area contributed by atoms with E-state index in [9.17, 15) is 4.79 Å². The monoisotopic (exact) mass is 198 g/mol. The summed E-state index contributed by atoms with van der Waals surface area (Å²) in [5.41, 5.74) is 3.07. The van der Waals surface area contributed by atoms with Crippen molar-refractivity contribution in [2.24, 2.45) is 16.4 Å². The second kappa shape index (κ2) is 3.57. The molecule has 3 N–H and O–H groups in total. The number of hydrogen-bond acceptors (Lipinski definition) is 4. The maximum absolute atomic E-state index is 11.8. The molecule has 1 unspecified atom stereocenters. The molecule has 0 aromatic rings. The number of nitrogens with one attached hydrogen (secondary N) is 1. The Hall–Kier alpha value is -1.10. The van der Waals surface area contributed by atoms with Gasteiger partial charge < -0.3 is 0 Å². The van der Waals surface area contributed by atoms with Gasteiger partial charge in [0.05, 0.1) is 0 Å². The van der Waals surface area contributed by atoms with Gasteiger partial charge in [0, 0.05) is 5.41 Å². The second-order valence-electron chi connectivity index (χ2n) is 4.48. The van der Waals surface area contributed by atoms with E-state index in [1.165, 1.54) is 5.01 Å². The summed E-state index contributed by atoms with van der Waals surface area (Å²) < 4.78 is 0. The maximum Gasteiger partial charge on any atom is 0.286 e. The summed E-state index contributed by atoms with van der Waals surface area (Å²) in [4.78, 5) is 11.8. The average Bonchev–Trinajstić information content (AvgIpc) is 2.07. The van der Waals surface area contributed by atoms with Gasteiger partial charge in [0.25, 0.3) is 5.91 Å². The van der Waals surface area contributed by atoms with Crippen molar-refractivity contribution in [3.8, 4) is 0 Å². The third-order valence-corrected chi connectivity index (χ3v) is 2.20. The van der Waals surface area contributed by atoms with E-state index in [4.69, 9.17) is 5.84 Å². The van der Waals surface area contributed by atoms with E-state index in [0.29, 0.717) is 5.71 Å². The van der Waals surface area contributed by atoms with Gasteiger partial charge in [0.2, 0.25) is 0 Å². The Morgan fingerprint density at radius 2 is 2.14 bits per heavy atom. The van der Waals surface area contributed by atoms with Crippen molar-refractivity contribution in [1.29, 1.82) is 0 Å². The predicted molar refractivity (Wildman–Crippen MR) is 55.1 cm³/mol. The molecule has 1 amide bonds. The van der Waals surface area contributed by atoms with Gasteiger partial charge in [-0.1, -0.05) is 27.7 Å².